The fourth-order valence-electron chi connectivity index (χ4n) is 2.38. The number of para-hydroxylation sites is 1. The normalized spacial score (nSPS) is 16.8. The summed E-state index contributed by atoms with van der Waals surface area (Å²) in [7, 11) is 0. The molecule has 136 valence electrons. The molecular weight excluding hydrogens is 363 g/mol. The Labute approximate surface area is 157 Å². The van der Waals surface area contributed by atoms with Crippen LogP contribution in [0.1, 0.15) is 12.0 Å². The molecule has 1 atom stereocenters. The van der Waals surface area contributed by atoms with Crippen molar-refractivity contribution in [2.45, 2.75) is 18.2 Å². The Morgan fingerprint density at radius 2 is 2.12 bits per heavy atom. The van der Waals surface area contributed by atoms with Gasteiger partial charge in [-0.05, 0) is 24.1 Å². The third-order valence-electron chi connectivity index (χ3n) is 3.63. The van der Waals surface area contributed by atoms with Gasteiger partial charge in [-0.1, -0.05) is 35.9 Å². The molecule has 0 fully saturated rings. The molecule has 3 N–H and O–H groups in total. The second-order valence-corrected chi connectivity index (χ2v) is 6.45. The lowest BCUT2D eigenvalue weighted by Crippen LogP contribution is -2.24. The summed E-state index contributed by atoms with van der Waals surface area (Å²) in [5.74, 6) is -0.314. The molecule has 0 saturated carbocycles. The van der Waals surface area contributed by atoms with E-state index >= 15 is 0 Å². The first kappa shape index (κ1) is 19.8. The Balaban J connectivity index is 1.96. The lowest BCUT2D eigenvalue weighted by Gasteiger charge is -2.21. The van der Waals surface area contributed by atoms with Crippen molar-refractivity contribution >= 4 is 34.9 Å². The van der Waals surface area contributed by atoms with Gasteiger partial charge in [0, 0.05) is 18.8 Å². The van der Waals surface area contributed by atoms with Gasteiger partial charge in [0.05, 0.1) is 29.1 Å². The molecule has 5 nitrogen and oxygen atoms in total. The number of aliphatic hydroxyl groups excluding tert-OH is 1. The van der Waals surface area contributed by atoms with E-state index in [2.05, 4.69) is 10.6 Å². The van der Waals surface area contributed by atoms with Crippen LogP contribution in [0.5, 0.6) is 0 Å². The number of anilines is 1. The number of allylic oxidation sites excluding steroid dienone is 4. The van der Waals surface area contributed by atoms with Crippen molar-refractivity contribution in [3.63, 3.8) is 0 Å². The van der Waals surface area contributed by atoms with Gasteiger partial charge in [0.2, 0.25) is 0 Å². The minimum Gasteiger partial charge on any atom is -0.464 e. The van der Waals surface area contributed by atoms with E-state index in [1.54, 1.807) is 0 Å². The molecule has 2 rings (SSSR count). The van der Waals surface area contributed by atoms with Crippen LogP contribution in [0.3, 0.4) is 0 Å². The molecule has 1 aliphatic carbocycles. The average Bonchev–Trinajstić information content (AvgIpc) is 2.59. The minimum absolute atomic E-state index is 0.0577. The monoisotopic (exact) mass is 384 g/mol. The van der Waals surface area contributed by atoms with Crippen LogP contribution >= 0.6 is 23.2 Å². The number of halogens is 2. The maximum Gasteiger partial charge on any atom is 0.310 e. The number of hydrogen-bond acceptors (Lipinski definition) is 5. The number of nitrogens with one attached hydrogen (secondary N) is 2. The van der Waals surface area contributed by atoms with Crippen LogP contribution in [0.15, 0.2) is 47.1 Å². The summed E-state index contributed by atoms with van der Waals surface area (Å²) in [4.78, 5) is 12.0. The van der Waals surface area contributed by atoms with Crippen molar-refractivity contribution < 1.29 is 14.6 Å². The standard InChI is InChI=1S/C18H22Cl2N2O3/c19-14-5-3-6-15(20)18(14)22-16-7-2-1-4-13(16)12-17(24)25-11-9-21-8-10-23/h1-5,7,15,21-23H,6,8-12H2. The zero-order valence-corrected chi connectivity index (χ0v) is 15.3. The van der Waals surface area contributed by atoms with E-state index in [-0.39, 0.29) is 31.0 Å². The van der Waals surface area contributed by atoms with Gasteiger partial charge in [-0.3, -0.25) is 4.79 Å². The molecular formula is C18H22Cl2N2O3. The smallest absolute Gasteiger partial charge is 0.310 e. The third kappa shape index (κ3) is 6.36. The number of carbonyl (C=O) groups excluding carboxylic acids is 1. The SMILES string of the molecule is O=C(Cc1ccccc1NC1=C(Cl)C=CCC1Cl)OCCNCCO. The third-order valence-corrected chi connectivity index (χ3v) is 4.36. The van der Waals surface area contributed by atoms with E-state index in [0.29, 0.717) is 24.5 Å². The summed E-state index contributed by atoms with van der Waals surface area (Å²) in [5, 5.41) is 15.2. The summed E-state index contributed by atoms with van der Waals surface area (Å²) in [6, 6.07) is 7.49. The molecule has 0 aromatic heterocycles. The minimum atomic E-state index is -0.314. The zero-order valence-electron chi connectivity index (χ0n) is 13.8. The van der Waals surface area contributed by atoms with Gasteiger partial charge in [-0.15, -0.1) is 11.6 Å². The van der Waals surface area contributed by atoms with E-state index in [9.17, 15) is 4.79 Å². The van der Waals surface area contributed by atoms with Crippen LogP contribution in [0.4, 0.5) is 5.69 Å². The molecule has 1 aromatic carbocycles. The highest BCUT2D eigenvalue weighted by atomic mass is 35.5. The second-order valence-electron chi connectivity index (χ2n) is 5.52. The Bertz CT molecular complexity index is 647. The number of esters is 1. The topological polar surface area (TPSA) is 70.6 Å². The van der Waals surface area contributed by atoms with Crippen LogP contribution in [0, 0.1) is 0 Å². The van der Waals surface area contributed by atoms with Gasteiger partial charge in [0.25, 0.3) is 0 Å². The second kappa shape index (κ2) is 10.5. The molecule has 0 bridgehead atoms. The van der Waals surface area contributed by atoms with E-state index in [1.165, 1.54) is 0 Å². The molecule has 0 radical (unpaired) electrons. The molecule has 0 aliphatic heterocycles. The van der Waals surface area contributed by atoms with Gasteiger partial charge >= 0.3 is 5.97 Å². The molecule has 7 heteroatoms. The van der Waals surface area contributed by atoms with Gasteiger partial charge in [0.15, 0.2) is 0 Å². The Hall–Kier alpha value is -1.53. The Morgan fingerprint density at radius 3 is 2.88 bits per heavy atom. The number of rotatable bonds is 9. The molecule has 0 saturated heterocycles. The zero-order chi connectivity index (χ0) is 18.1. The van der Waals surface area contributed by atoms with Gasteiger partial charge in [-0.2, -0.15) is 0 Å². The summed E-state index contributed by atoms with van der Waals surface area (Å²) < 4.78 is 5.19. The molecule has 25 heavy (non-hydrogen) atoms. The molecule has 1 aliphatic rings. The van der Waals surface area contributed by atoms with Crippen molar-refractivity contribution in [2.75, 3.05) is 31.6 Å². The number of aliphatic hydroxyl groups is 1. The molecule has 0 spiro atoms. The average molecular weight is 385 g/mol. The number of benzene rings is 1. The first-order chi connectivity index (χ1) is 12.1. The van der Waals surface area contributed by atoms with Gasteiger partial charge in [-0.25, -0.2) is 0 Å². The highest BCUT2D eigenvalue weighted by molar-refractivity contribution is 6.33. The first-order valence-electron chi connectivity index (χ1n) is 8.14. The van der Waals surface area contributed by atoms with Crippen molar-refractivity contribution in [2.24, 2.45) is 0 Å². The van der Waals surface area contributed by atoms with Crippen molar-refractivity contribution in [3.05, 3.63) is 52.7 Å². The van der Waals surface area contributed by atoms with Crippen molar-refractivity contribution in [3.8, 4) is 0 Å². The molecule has 1 aromatic rings. The highest BCUT2D eigenvalue weighted by Gasteiger charge is 2.18. The lowest BCUT2D eigenvalue weighted by molar-refractivity contribution is -0.142. The maximum atomic E-state index is 12.0. The first-order valence-corrected chi connectivity index (χ1v) is 8.95. The van der Waals surface area contributed by atoms with E-state index in [1.807, 2.05) is 36.4 Å². The fourth-order valence-corrected chi connectivity index (χ4v) is 2.97. The van der Waals surface area contributed by atoms with Crippen molar-refractivity contribution in [1.82, 2.24) is 5.32 Å². The van der Waals surface area contributed by atoms with Crippen LogP contribution in [0.2, 0.25) is 0 Å². The highest BCUT2D eigenvalue weighted by Crippen LogP contribution is 2.29. The number of hydrogen-bond donors (Lipinski definition) is 3. The largest absolute Gasteiger partial charge is 0.464 e. The predicted molar refractivity (Wildman–Crippen MR) is 101 cm³/mol. The lowest BCUT2D eigenvalue weighted by atomic mass is 10.1. The van der Waals surface area contributed by atoms with Gasteiger partial charge in [0.1, 0.15) is 6.61 Å². The van der Waals surface area contributed by atoms with Crippen LogP contribution in [-0.4, -0.2) is 42.8 Å². The number of alkyl halides is 1. The van der Waals surface area contributed by atoms with Crippen LogP contribution in [-0.2, 0) is 16.0 Å². The van der Waals surface area contributed by atoms with Gasteiger partial charge < -0.3 is 20.5 Å². The van der Waals surface area contributed by atoms with Crippen LogP contribution < -0.4 is 10.6 Å². The van der Waals surface area contributed by atoms with Crippen molar-refractivity contribution in [1.29, 1.82) is 0 Å². The maximum absolute atomic E-state index is 12.0. The predicted octanol–water partition coefficient (Wildman–Crippen LogP) is 2.78. The molecule has 1 unspecified atom stereocenters. The Kier molecular flexibility index (Phi) is 8.28. The van der Waals surface area contributed by atoms with Crippen LogP contribution in [0.25, 0.3) is 0 Å². The summed E-state index contributed by atoms with van der Waals surface area (Å²) in [5.41, 5.74) is 2.33. The number of ether oxygens (including phenoxy) is 1. The quantitative estimate of drug-likeness (QED) is 0.347. The number of carbonyl (C=O) groups is 1. The van der Waals surface area contributed by atoms with E-state index in [4.69, 9.17) is 33.0 Å². The Morgan fingerprint density at radius 1 is 1.32 bits per heavy atom. The summed E-state index contributed by atoms with van der Waals surface area (Å²) >= 11 is 12.5. The molecule has 0 amide bonds. The summed E-state index contributed by atoms with van der Waals surface area (Å²) in [6.45, 7) is 1.31. The van der Waals surface area contributed by atoms with E-state index < -0.39 is 0 Å². The fraction of sp³-hybridized carbons (Fsp3) is 0.389. The summed E-state index contributed by atoms with van der Waals surface area (Å²) in [6.07, 6.45) is 4.60. The van der Waals surface area contributed by atoms with E-state index in [0.717, 1.165) is 16.9 Å². The molecule has 0 heterocycles.